The first-order valence-corrected chi connectivity index (χ1v) is 7.27. The van der Waals surface area contributed by atoms with Crippen LogP contribution in [0.4, 0.5) is 0 Å². The van der Waals surface area contributed by atoms with Gasteiger partial charge in [0.05, 0.1) is 0 Å². The molecular weight excluding hydrogens is 238 g/mol. The molecule has 5 nitrogen and oxygen atoms in total. The van der Waals surface area contributed by atoms with E-state index in [1.807, 2.05) is 0 Å². The van der Waals surface area contributed by atoms with Crippen molar-refractivity contribution in [3.05, 3.63) is 23.9 Å². The lowest BCUT2D eigenvalue weighted by molar-refractivity contribution is 0.549. The molecule has 0 spiro atoms. The van der Waals surface area contributed by atoms with Gasteiger partial charge in [0.1, 0.15) is 0 Å². The van der Waals surface area contributed by atoms with Gasteiger partial charge >= 0.3 is 0 Å². The molecule has 3 N–H and O–H groups in total. The largest absolute Gasteiger partial charge is 0.326 e. The monoisotopic (exact) mass is 255 g/mol. The highest BCUT2D eigenvalue weighted by Gasteiger charge is 2.23. The number of pyridine rings is 1. The molecular formula is C11H17N3O2S. The van der Waals surface area contributed by atoms with Gasteiger partial charge in [0.25, 0.3) is 10.0 Å². The minimum absolute atomic E-state index is 0.0657. The predicted molar refractivity (Wildman–Crippen MR) is 64.7 cm³/mol. The van der Waals surface area contributed by atoms with Crippen molar-refractivity contribution in [1.29, 1.82) is 0 Å². The summed E-state index contributed by atoms with van der Waals surface area (Å²) in [5.74, 6) is 0. The maximum absolute atomic E-state index is 12.0. The molecule has 1 aromatic rings. The summed E-state index contributed by atoms with van der Waals surface area (Å²) < 4.78 is 26.7. The Morgan fingerprint density at radius 2 is 2.06 bits per heavy atom. The predicted octanol–water partition coefficient (Wildman–Crippen LogP) is 0.761. The first kappa shape index (κ1) is 12.5. The molecule has 1 fully saturated rings. The van der Waals surface area contributed by atoms with Crippen molar-refractivity contribution in [2.75, 3.05) is 0 Å². The lowest BCUT2D eigenvalue weighted by Crippen LogP contribution is -2.33. The third-order valence-corrected chi connectivity index (χ3v) is 4.42. The summed E-state index contributed by atoms with van der Waals surface area (Å²) in [6.45, 7) is 0.364. The Labute approximate surface area is 101 Å². The third-order valence-electron chi connectivity index (χ3n) is 2.99. The molecule has 0 saturated heterocycles. The molecule has 0 aromatic carbocycles. The third kappa shape index (κ3) is 3.02. The highest BCUT2D eigenvalue weighted by Crippen LogP contribution is 2.19. The molecule has 1 aliphatic carbocycles. The molecule has 94 valence electrons. The highest BCUT2D eigenvalue weighted by molar-refractivity contribution is 7.89. The number of nitrogens with two attached hydrogens (primary N) is 1. The van der Waals surface area contributed by atoms with E-state index in [-0.39, 0.29) is 11.1 Å². The number of aromatic nitrogens is 1. The van der Waals surface area contributed by atoms with Crippen LogP contribution in [-0.2, 0) is 16.6 Å². The van der Waals surface area contributed by atoms with E-state index in [2.05, 4.69) is 9.71 Å². The summed E-state index contributed by atoms with van der Waals surface area (Å²) in [6.07, 6.45) is 5.52. The second-order valence-corrected chi connectivity index (χ2v) is 5.97. The van der Waals surface area contributed by atoms with E-state index in [9.17, 15) is 8.42 Å². The summed E-state index contributed by atoms with van der Waals surface area (Å²) in [5.41, 5.74) is 6.26. The number of nitrogens with zero attached hydrogens (tertiary/aromatic N) is 1. The van der Waals surface area contributed by atoms with Crippen LogP contribution in [0.5, 0.6) is 0 Å². The van der Waals surface area contributed by atoms with Crippen LogP contribution in [0.2, 0.25) is 0 Å². The van der Waals surface area contributed by atoms with Gasteiger partial charge in [-0.1, -0.05) is 18.9 Å². The van der Waals surface area contributed by atoms with E-state index in [1.54, 1.807) is 6.07 Å². The molecule has 1 aromatic heterocycles. The number of sulfonamides is 1. The van der Waals surface area contributed by atoms with E-state index in [0.717, 1.165) is 31.2 Å². The zero-order valence-electron chi connectivity index (χ0n) is 9.59. The lowest BCUT2D eigenvalue weighted by atomic mass is 10.3. The maximum atomic E-state index is 12.0. The van der Waals surface area contributed by atoms with Crippen LogP contribution in [0.15, 0.2) is 23.4 Å². The van der Waals surface area contributed by atoms with Crippen LogP contribution in [0.3, 0.4) is 0 Å². The minimum atomic E-state index is -3.47. The van der Waals surface area contributed by atoms with Crippen molar-refractivity contribution in [2.45, 2.75) is 43.3 Å². The van der Waals surface area contributed by atoms with Crippen molar-refractivity contribution in [3.63, 3.8) is 0 Å². The standard InChI is InChI=1S/C11H17N3O2S/c12-7-9-5-6-11(13-8-9)17(15,16)14-10-3-1-2-4-10/h5-6,8,10,14H,1-4,7,12H2. The van der Waals surface area contributed by atoms with Crippen molar-refractivity contribution in [3.8, 4) is 0 Å². The highest BCUT2D eigenvalue weighted by atomic mass is 32.2. The summed E-state index contributed by atoms with van der Waals surface area (Å²) in [7, 11) is -3.47. The average Bonchev–Trinajstić information content (AvgIpc) is 2.81. The Morgan fingerprint density at radius 3 is 2.59 bits per heavy atom. The van der Waals surface area contributed by atoms with Crippen molar-refractivity contribution >= 4 is 10.0 Å². The number of nitrogens with one attached hydrogen (secondary N) is 1. The molecule has 0 unspecified atom stereocenters. The first-order valence-electron chi connectivity index (χ1n) is 5.79. The van der Waals surface area contributed by atoms with Crippen molar-refractivity contribution < 1.29 is 8.42 Å². The van der Waals surface area contributed by atoms with E-state index < -0.39 is 10.0 Å². The Kier molecular flexibility index (Phi) is 3.76. The molecule has 0 radical (unpaired) electrons. The van der Waals surface area contributed by atoms with Gasteiger partial charge in [-0.05, 0) is 24.5 Å². The Balaban J connectivity index is 2.12. The van der Waals surface area contributed by atoms with Gasteiger partial charge in [0.15, 0.2) is 5.03 Å². The first-order chi connectivity index (χ1) is 8.12. The Bertz CT molecular complexity index is 464. The molecule has 17 heavy (non-hydrogen) atoms. The molecule has 1 aliphatic rings. The Hall–Kier alpha value is -0.980. The molecule has 6 heteroatoms. The molecule has 0 atom stereocenters. The van der Waals surface area contributed by atoms with Crippen LogP contribution in [-0.4, -0.2) is 19.4 Å². The van der Waals surface area contributed by atoms with Crippen LogP contribution in [0, 0.1) is 0 Å². The zero-order chi connectivity index (χ0) is 12.3. The van der Waals surface area contributed by atoms with E-state index in [0.29, 0.717) is 6.54 Å². The SMILES string of the molecule is NCc1ccc(S(=O)(=O)NC2CCCC2)nc1. The molecule has 0 amide bonds. The number of rotatable bonds is 4. The normalized spacial score (nSPS) is 17.5. The quantitative estimate of drug-likeness (QED) is 0.832. The van der Waals surface area contributed by atoms with E-state index in [1.165, 1.54) is 12.3 Å². The zero-order valence-corrected chi connectivity index (χ0v) is 10.4. The second-order valence-electron chi connectivity index (χ2n) is 4.31. The van der Waals surface area contributed by atoms with Crippen molar-refractivity contribution in [2.24, 2.45) is 5.73 Å². The fraction of sp³-hybridized carbons (Fsp3) is 0.545. The Morgan fingerprint density at radius 1 is 1.35 bits per heavy atom. The minimum Gasteiger partial charge on any atom is -0.326 e. The average molecular weight is 255 g/mol. The summed E-state index contributed by atoms with van der Waals surface area (Å²) in [5, 5.41) is 0.0709. The molecule has 0 bridgehead atoms. The van der Waals surface area contributed by atoms with Crippen LogP contribution in [0.1, 0.15) is 31.2 Å². The molecule has 1 heterocycles. The molecule has 0 aliphatic heterocycles. The van der Waals surface area contributed by atoms with Gasteiger partial charge in [-0.15, -0.1) is 0 Å². The smallest absolute Gasteiger partial charge is 0.258 e. The summed E-state index contributed by atoms with van der Waals surface area (Å²) in [4.78, 5) is 3.93. The van der Waals surface area contributed by atoms with E-state index >= 15 is 0 Å². The summed E-state index contributed by atoms with van der Waals surface area (Å²) in [6, 6.07) is 3.26. The van der Waals surface area contributed by atoms with Gasteiger partial charge < -0.3 is 5.73 Å². The van der Waals surface area contributed by atoms with Crippen LogP contribution < -0.4 is 10.5 Å². The van der Waals surface area contributed by atoms with Crippen LogP contribution >= 0.6 is 0 Å². The fourth-order valence-electron chi connectivity index (χ4n) is 2.01. The van der Waals surface area contributed by atoms with Gasteiger partial charge in [0, 0.05) is 18.8 Å². The number of hydrogen-bond donors (Lipinski definition) is 2. The van der Waals surface area contributed by atoms with Gasteiger partial charge in [-0.3, -0.25) is 0 Å². The fourth-order valence-corrected chi connectivity index (χ4v) is 3.25. The van der Waals surface area contributed by atoms with Gasteiger partial charge in [0.2, 0.25) is 0 Å². The van der Waals surface area contributed by atoms with Crippen LogP contribution in [0.25, 0.3) is 0 Å². The summed E-state index contributed by atoms with van der Waals surface area (Å²) >= 11 is 0. The van der Waals surface area contributed by atoms with Crippen molar-refractivity contribution in [1.82, 2.24) is 9.71 Å². The second kappa shape index (κ2) is 5.12. The van der Waals surface area contributed by atoms with E-state index in [4.69, 9.17) is 5.73 Å². The topological polar surface area (TPSA) is 85.1 Å². The maximum Gasteiger partial charge on any atom is 0.258 e. The molecule has 1 saturated carbocycles. The number of hydrogen-bond acceptors (Lipinski definition) is 4. The van der Waals surface area contributed by atoms with Gasteiger partial charge in [-0.2, -0.15) is 0 Å². The molecule has 2 rings (SSSR count). The lowest BCUT2D eigenvalue weighted by Gasteiger charge is -2.11. The van der Waals surface area contributed by atoms with Gasteiger partial charge in [-0.25, -0.2) is 18.1 Å².